The Morgan fingerprint density at radius 2 is 2.55 bits per heavy atom. The molecular weight excluding hydrogens is 139 g/mol. The van der Waals surface area contributed by atoms with E-state index in [4.69, 9.17) is 0 Å². The SMILES string of the molecule is CC#CC1=CCC(CF)CC1. The zero-order valence-electron chi connectivity index (χ0n) is 6.86. The van der Waals surface area contributed by atoms with Crippen molar-refractivity contribution in [2.24, 2.45) is 5.92 Å². The van der Waals surface area contributed by atoms with Crippen LogP contribution in [0.5, 0.6) is 0 Å². The topological polar surface area (TPSA) is 0 Å². The van der Waals surface area contributed by atoms with E-state index in [1.165, 1.54) is 5.57 Å². The molecule has 1 aliphatic rings. The molecule has 0 N–H and O–H groups in total. The van der Waals surface area contributed by atoms with Gasteiger partial charge in [-0.1, -0.05) is 12.0 Å². The number of alkyl halides is 1. The van der Waals surface area contributed by atoms with Gasteiger partial charge in [0.15, 0.2) is 0 Å². The van der Waals surface area contributed by atoms with Crippen LogP contribution in [0.2, 0.25) is 0 Å². The number of rotatable bonds is 1. The minimum absolute atomic E-state index is 0.177. The molecule has 0 spiro atoms. The van der Waals surface area contributed by atoms with Gasteiger partial charge in [0.2, 0.25) is 0 Å². The first kappa shape index (κ1) is 8.33. The summed E-state index contributed by atoms with van der Waals surface area (Å²) >= 11 is 0. The molecule has 0 aromatic heterocycles. The second-order valence-corrected chi connectivity index (χ2v) is 2.90. The minimum Gasteiger partial charge on any atom is -0.251 e. The van der Waals surface area contributed by atoms with Crippen LogP contribution in [-0.2, 0) is 0 Å². The molecule has 0 amide bonds. The quantitative estimate of drug-likeness (QED) is 0.507. The van der Waals surface area contributed by atoms with Crippen LogP contribution < -0.4 is 0 Å². The van der Waals surface area contributed by atoms with E-state index in [2.05, 4.69) is 17.9 Å². The van der Waals surface area contributed by atoms with Crippen molar-refractivity contribution in [1.29, 1.82) is 0 Å². The zero-order valence-corrected chi connectivity index (χ0v) is 6.86. The average Bonchev–Trinajstić information content (AvgIpc) is 2.07. The molecule has 1 rings (SSSR count). The van der Waals surface area contributed by atoms with E-state index >= 15 is 0 Å². The molecule has 1 unspecified atom stereocenters. The second-order valence-electron chi connectivity index (χ2n) is 2.90. The molecule has 11 heavy (non-hydrogen) atoms. The third-order valence-corrected chi connectivity index (χ3v) is 2.02. The zero-order chi connectivity index (χ0) is 8.10. The van der Waals surface area contributed by atoms with Crippen molar-refractivity contribution < 1.29 is 4.39 Å². The predicted octanol–water partition coefficient (Wildman–Crippen LogP) is 2.71. The fourth-order valence-corrected chi connectivity index (χ4v) is 1.30. The highest BCUT2D eigenvalue weighted by Gasteiger charge is 2.12. The van der Waals surface area contributed by atoms with Gasteiger partial charge in [-0.3, -0.25) is 4.39 Å². The van der Waals surface area contributed by atoms with Gasteiger partial charge in [0.25, 0.3) is 0 Å². The maximum absolute atomic E-state index is 12.1. The Morgan fingerprint density at radius 3 is 3.00 bits per heavy atom. The standard InChI is InChI=1S/C10H13F/c1-2-3-9-4-6-10(8-11)7-5-9/h4,10H,5-8H2,1H3. The van der Waals surface area contributed by atoms with Gasteiger partial charge < -0.3 is 0 Å². The minimum atomic E-state index is -0.177. The van der Waals surface area contributed by atoms with Crippen LogP contribution in [0, 0.1) is 17.8 Å². The number of halogens is 1. The summed E-state index contributed by atoms with van der Waals surface area (Å²) in [5.74, 6) is 6.14. The lowest BCUT2D eigenvalue weighted by Crippen LogP contribution is -2.06. The Balaban J connectivity index is 2.48. The Morgan fingerprint density at radius 1 is 1.73 bits per heavy atom. The number of hydrogen-bond acceptors (Lipinski definition) is 0. The molecule has 0 aliphatic heterocycles. The molecule has 0 aromatic carbocycles. The molecular formula is C10H13F. The van der Waals surface area contributed by atoms with Crippen LogP contribution in [-0.4, -0.2) is 6.67 Å². The van der Waals surface area contributed by atoms with Gasteiger partial charge in [0.1, 0.15) is 0 Å². The monoisotopic (exact) mass is 152 g/mol. The molecule has 0 bridgehead atoms. The second kappa shape index (κ2) is 4.18. The van der Waals surface area contributed by atoms with Crippen molar-refractivity contribution in [2.75, 3.05) is 6.67 Å². The summed E-state index contributed by atoms with van der Waals surface area (Å²) in [6, 6.07) is 0. The van der Waals surface area contributed by atoms with E-state index in [1.54, 1.807) is 0 Å². The van der Waals surface area contributed by atoms with Crippen LogP contribution in [0.1, 0.15) is 26.2 Å². The van der Waals surface area contributed by atoms with Gasteiger partial charge in [-0.15, -0.1) is 5.92 Å². The molecule has 0 nitrogen and oxygen atoms in total. The molecule has 0 saturated carbocycles. The number of hydrogen-bond donors (Lipinski definition) is 0. The average molecular weight is 152 g/mol. The molecule has 1 atom stereocenters. The Bertz CT molecular complexity index is 205. The number of allylic oxidation sites excluding steroid dienone is 2. The van der Waals surface area contributed by atoms with Crippen molar-refractivity contribution in [3.63, 3.8) is 0 Å². The Kier molecular flexibility index (Phi) is 3.16. The molecule has 0 heterocycles. The summed E-state index contributed by atoms with van der Waals surface area (Å²) < 4.78 is 12.1. The van der Waals surface area contributed by atoms with Crippen molar-refractivity contribution >= 4 is 0 Å². The molecule has 60 valence electrons. The summed E-state index contributed by atoms with van der Waals surface area (Å²) in [6.07, 6.45) is 4.89. The summed E-state index contributed by atoms with van der Waals surface area (Å²) in [5.41, 5.74) is 1.19. The lowest BCUT2D eigenvalue weighted by molar-refractivity contribution is 0.339. The third-order valence-electron chi connectivity index (χ3n) is 2.02. The summed E-state index contributed by atoms with van der Waals surface area (Å²) in [6.45, 7) is 1.66. The van der Waals surface area contributed by atoms with E-state index in [9.17, 15) is 4.39 Å². The van der Waals surface area contributed by atoms with Gasteiger partial charge in [0, 0.05) is 0 Å². The van der Waals surface area contributed by atoms with Crippen molar-refractivity contribution in [2.45, 2.75) is 26.2 Å². The lowest BCUT2D eigenvalue weighted by Gasteiger charge is -2.15. The van der Waals surface area contributed by atoms with E-state index in [1.807, 2.05) is 6.92 Å². The fraction of sp³-hybridized carbons (Fsp3) is 0.600. The van der Waals surface area contributed by atoms with E-state index in [0.717, 1.165) is 19.3 Å². The molecule has 1 heteroatoms. The van der Waals surface area contributed by atoms with Crippen LogP contribution in [0.3, 0.4) is 0 Å². The maximum atomic E-state index is 12.1. The first-order valence-electron chi connectivity index (χ1n) is 4.04. The molecule has 0 fully saturated rings. The largest absolute Gasteiger partial charge is 0.251 e. The predicted molar refractivity (Wildman–Crippen MR) is 44.8 cm³/mol. The first-order valence-corrected chi connectivity index (χ1v) is 4.04. The molecule has 0 radical (unpaired) electrons. The first-order chi connectivity index (χ1) is 5.36. The highest BCUT2D eigenvalue weighted by atomic mass is 19.1. The van der Waals surface area contributed by atoms with E-state index < -0.39 is 0 Å². The van der Waals surface area contributed by atoms with E-state index in [-0.39, 0.29) is 12.6 Å². The summed E-state index contributed by atoms with van der Waals surface area (Å²) in [4.78, 5) is 0. The molecule has 0 saturated heterocycles. The Hall–Kier alpha value is -0.770. The lowest BCUT2D eigenvalue weighted by atomic mass is 9.91. The maximum Gasteiger partial charge on any atom is 0.0925 e. The van der Waals surface area contributed by atoms with Crippen LogP contribution >= 0.6 is 0 Å². The Labute approximate surface area is 67.5 Å². The van der Waals surface area contributed by atoms with Gasteiger partial charge in [0.05, 0.1) is 6.67 Å². The van der Waals surface area contributed by atoms with Gasteiger partial charge in [-0.25, -0.2) is 0 Å². The smallest absolute Gasteiger partial charge is 0.0925 e. The van der Waals surface area contributed by atoms with Crippen molar-refractivity contribution in [3.05, 3.63) is 11.6 Å². The van der Waals surface area contributed by atoms with Crippen LogP contribution in [0.4, 0.5) is 4.39 Å². The fourth-order valence-electron chi connectivity index (χ4n) is 1.30. The highest BCUT2D eigenvalue weighted by molar-refractivity contribution is 5.29. The highest BCUT2D eigenvalue weighted by Crippen LogP contribution is 2.22. The molecule has 0 aromatic rings. The normalized spacial score (nSPS) is 23.5. The third kappa shape index (κ3) is 2.38. The van der Waals surface area contributed by atoms with E-state index in [0.29, 0.717) is 0 Å². The van der Waals surface area contributed by atoms with Crippen LogP contribution in [0.25, 0.3) is 0 Å². The van der Waals surface area contributed by atoms with Gasteiger partial charge in [-0.2, -0.15) is 0 Å². The van der Waals surface area contributed by atoms with Gasteiger partial charge in [-0.05, 0) is 37.7 Å². The van der Waals surface area contributed by atoms with Gasteiger partial charge >= 0.3 is 0 Å². The van der Waals surface area contributed by atoms with Crippen molar-refractivity contribution in [3.8, 4) is 11.8 Å². The summed E-state index contributed by atoms with van der Waals surface area (Å²) in [7, 11) is 0. The molecule has 1 aliphatic carbocycles. The summed E-state index contributed by atoms with van der Waals surface area (Å²) in [5, 5.41) is 0. The van der Waals surface area contributed by atoms with Crippen molar-refractivity contribution in [1.82, 2.24) is 0 Å². The van der Waals surface area contributed by atoms with Crippen LogP contribution in [0.15, 0.2) is 11.6 Å².